The fourth-order valence-corrected chi connectivity index (χ4v) is 2.32. The summed E-state index contributed by atoms with van der Waals surface area (Å²) in [6.45, 7) is 0. The highest BCUT2D eigenvalue weighted by molar-refractivity contribution is 5.84. The van der Waals surface area contributed by atoms with Crippen molar-refractivity contribution in [3.05, 3.63) is 54.5 Å². The van der Waals surface area contributed by atoms with E-state index >= 15 is 0 Å². The van der Waals surface area contributed by atoms with Crippen LogP contribution in [0.15, 0.2) is 53.1 Å². The van der Waals surface area contributed by atoms with Crippen molar-refractivity contribution in [1.29, 1.82) is 0 Å². The van der Waals surface area contributed by atoms with Crippen molar-refractivity contribution >= 4 is 22.4 Å². The van der Waals surface area contributed by atoms with Gasteiger partial charge in [0.15, 0.2) is 5.76 Å². The highest BCUT2D eigenvalue weighted by Crippen LogP contribution is 2.31. The molecule has 0 aliphatic heterocycles. The molecule has 5 heteroatoms. The fraction of sp³-hybridized carbons (Fsp3) is 0. The van der Waals surface area contributed by atoms with Crippen LogP contribution in [0.4, 0.5) is 10.2 Å². The number of rotatable bonds is 1. The highest BCUT2D eigenvalue weighted by atomic mass is 19.1. The molecule has 0 atom stereocenters. The summed E-state index contributed by atoms with van der Waals surface area (Å²) < 4.78 is 20.5. The quantitative estimate of drug-likeness (QED) is 0.574. The van der Waals surface area contributed by atoms with E-state index in [1.54, 1.807) is 6.07 Å². The molecule has 1 aromatic carbocycles. The lowest BCUT2D eigenvalue weighted by Gasteiger charge is -1.96. The number of fused-ring (bicyclic) bond motifs is 2. The zero-order valence-electron chi connectivity index (χ0n) is 10.4. The molecule has 0 radical (unpaired) electrons. The predicted octanol–water partition coefficient (Wildman–Crippen LogP) is 3.47. The maximum absolute atomic E-state index is 13.3. The van der Waals surface area contributed by atoms with Gasteiger partial charge in [-0.05, 0) is 24.3 Å². The molecule has 98 valence electrons. The van der Waals surface area contributed by atoms with Crippen molar-refractivity contribution in [2.75, 3.05) is 5.73 Å². The smallest absolute Gasteiger partial charge is 0.157 e. The maximum atomic E-state index is 13.3. The average Bonchev–Trinajstić information content (AvgIpc) is 3.01. The summed E-state index contributed by atoms with van der Waals surface area (Å²) in [5.41, 5.74) is 7.91. The zero-order chi connectivity index (χ0) is 13.7. The second-order valence-electron chi connectivity index (χ2n) is 4.57. The van der Waals surface area contributed by atoms with Gasteiger partial charge in [-0.3, -0.25) is 4.40 Å². The van der Waals surface area contributed by atoms with Crippen molar-refractivity contribution in [3.63, 3.8) is 0 Å². The molecule has 0 spiro atoms. The molecular weight excluding hydrogens is 257 g/mol. The molecule has 0 saturated heterocycles. The summed E-state index contributed by atoms with van der Waals surface area (Å²) in [6.07, 6.45) is 1.31. The van der Waals surface area contributed by atoms with Crippen LogP contribution >= 0.6 is 0 Å². The first-order valence-corrected chi connectivity index (χ1v) is 6.14. The van der Waals surface area contributed by atoms with Gasteiger partial charge in [0.2, 0.25) is 0 Å². The Balaban J connectivity index is 1.99. The van der Waals surface area contributed by atoms with Crippen LogP contribution in [0.5, 0.6) is 0 Å². The van der Waals surface area contributed by atoms with E-state index in [0.717, 1.165) is 11.0 Å². The molecule has 4 nitrogen and oxygen atoms in total. The second kappa shape index (κ2) is 3.84. The molecule has 0 unspecified atom stereocenters. The molecular formula is C15H10FN3O. The van der Waals surface area contributed by atoms with Crippen molar-refractivity contribution in [2.45, 2.75) is 0 Å². The SMILES string of the molecule is Nc1c(-c2cc3ccccc3o2)nc2ccc(F)cn12. The Morgan fingerprint density at radius 1 is 1.15 bits per heavy atom. The van der Waals surface area contributed by atoms with Crippen molar-refractivity contribution < 1.29 is 8.81 Å². The lowest BCUT2D eigenvalue weighted by Crippen LogP contribution is -1.94. The standard InChI is InChI=1S/C15H10FN3O/c16-10-5-6-13-18-14(15(17)19(13)8-10)12-7-9-3-1-2-4-11(9)20-12/h1-8H,17H2. The molecule has 4 aromatic rings. The largest absolute Gasteiger partial charge is 0.454 e. The molecule has 4 rings (SSSR count). The molecule has 3 aromatic heterocycles. The van der Waals surface area contributed by atoms with E-state index in [9.17, 15) is 4.39 Å². The number of nitrogen functional groups attached to an aromatic ring is 1. The Hall–Kier alpha value is -2.82. The van der Waals surface area contributed by atoms with Gasteiger partial charge >= 0.3 is 0 Å². The van der Waals surface area contributed by atoms with Crippen LogP contribution in [0.1, 0.15) is 0 Å². The van der Waals surface area contributed by atoms with Crippen LogP contribution in [-0.2, 0) is 0 Å². The Kier molecular flexibility index (Phi) is 2.12. The predicted molar refractivity (Wildman–Crippen MR) is 74.8 cm³/mol. The lowest BCUT2D eigenvalue weighted by molar-refractivity contribution is 0.619. The van der Waals surface area contributed by atoms with Crippen molar-refractivity contribution in [1.82, 2.24) is 9.38 Å². The number of benzene rings is 1. The monoisotopic (exact) mass is 267 g/mol. The minimum Gasteiger partial charge on any atom is -0.454 e. The van der Waals surface area contributed by atoms with Crippen LogP contribution < -0.4 is 5.73 Å². The van der Waals surface area contributed by atoms with Crippen LogP contribution in [0.25, 0.3) is 28.1 Å². The number of anilines is 1. The Bertz CT molecular complexity index is 906. The minimum absolute atomic E-state index is 0.360. The first-order valence-electron chi connectivity index (χ1n) is 6.14. The highest BCUT2D eigenvalue weighted by Gasteiger charge is 2.15. The fourth-order valence-electron chi connectivity index (χ4n) is 2.32. The summed E-state index contributed by atoms with van der Waals surface area (Å²) in [7, 11) is 0. The third-order valence-corrected chi connectivity index (χ3v) is 3.28. The molecule has 3 heterocycles. The van der Waals surface area contributed by atoms with Crippen LogP contribution in [0.2, 0.25) is 0 Å². The van der Waals surface area contributed by atoms with Crippen molar-refractivity contribution in [2.24, 2.45) is 0 Å². The summed E-state index contributed by atoms with van der Waals surface area (Å²) in [6, 6.07) is 12.5. The normalized spacial score (nSPS) is 11.4. The summed E-state index contributed by atoms with van der Waals surface area (Å²) in [5, 5.41) is 0.977. The van der Waals surface area contributed by atoms with E-state index in [4.69, 9.17) is 10.2 Å². The molecule has 0 aliphatic rings. The number of aromatic nitrogens is 2. The number of para-hydroxylation sites is 1. The van der Waals surface area contributed by atoms with Gasteiger partial charge < -0.3 is 10.2 Å². The van der Waals surface area contributed by atoms with Crippen molar-refractivity contribution in [3.8, 4) is 11.5 Å². The molecule has 0 amide bonds. The number of halogens is 1. The van der Waals surface area contributed by atoms with E-state index in [1.807, 2.05) is 30.3 Å². The van der Waals surface area contributed by atoms with Gasteiger partial charge in [-0.25, -0.2) is 9.37 Å². The lowest BCUT2D eigenvalue weighted by atomic mass is 10.2. The van der Waals surface area contributed by atoms with E-state index < -0.39 is 0 Å². The number of nitrogens with zero attached hydrogens (tertiary/aromatic N) is 2. The average molecular weight is 267 g/mol. The first kappa shape index (κ1) is 11.0. The van der Waals surface area contributed by atoms with Gasteiger partial charge in [-0.15, -0.1) is 0 Å². The van der Waals surface area contributed by atoms with Gasteiger partial charge in [0.1, 0.15) is 28.6 Å². The summed E-state index contributed by atoms with van der Waals surface area (Å²) in [4.78, 5) is 4.40. The van der Waals surface area contributed by atoms with E-state index in [-0.39, 0.29) is 5.82 Å². The van der Waals surface area contributed by atoms with Gasteiger partial charge in [-0.1, -0.05) is 18.2 Å². The number of hydrogen-bond acceptors (Lipinski definition) is 3. The number of imidazole rings is 1. The topological polar surface area (TPSA) is 56.5 Å². The van der Waals surface area contributed by atoms with E-state index in [2.05, 4.69) is 4.98 Å². The summed E-state index contributed by atoms with van der Waals surface area (Å²) in [5.74, 6) is 0.573. The third-order valence-electron chi connectivity index (χ3n) is 3.28. The van der Waals surface area contributed by atoms with Crippen LogP contribution in [0.3, 0.4) is 0 Å². The van der Waals surface area contributed by atoms with Crippen LogP contribution in [-0.4, -0.2) is 9.38 Å². The molecule has 20 heavy (non-hydrogen) atoms. The molecule has 0 saturated carbocycles. The number of hydrogen-bond donors (Lipinski definition) is 1. The Morgan fingerprint density at radius 2 is 2.00 bits per heavy atom. The molecule has 2 N–H and O–H groups in total. The number of nitrogens with two attached hydrogens (primary N) is 1. The molecule has 0 bridgehead atoms. The molecule has 0 aliphatic carbocycles. The first-order chi connectivity index (χ1) is 9.72. The van der Waals surface area contributed by atoms with E-state index in [1.165, 1.54) is 16.7 Å². The van der Waals surface area contributed by atoms with Gasteiger partial charge in [0, 0.05) is 11.6 Å². The van der Waals surface area contributed by atoms with Gasteiger partial charge in [0.05, 0.1) is 0 Å². The van der Waals surface area contributed by atoms with Gasteiger partial charge in [0.25, 0.3) is 0 Å². The second-order valence-corrected chi connectivity index (χ2v) is 4.57. The molecule has 0 fully saturated rings. The minimum atomic E-state index is -0.363. The maximum Gasteiger partial charge on any atom is 0.157 e. The van der Waals surface area contributed by atoms with Gasteiger partial charge in [-0.2, -0.15) is 0 Å². The number of pyridine rings is 1. The summed E-state index contributed by atoms with van der Waals surface area (Å²) >= 11 is 0. The zero-order valence-corrected chi connectivity index (χ0v) is 10.4. The number of furan rings is 1. The Labute approximate surface area is 113 Å². The van der Waals surface area contributed by atoms with Crippen LogP contribution in [0, 0.1) is 5.82 Å². The third kappa shape index (κ3) is 1.50. The Morgan fingerprint density at radius 3 is 2.85 bits per heavy atom. The van der Waals surface area contributed by atoms with E-state index in [0.29, 0.717) is 22.9 Å².